The fraction of sp³-hybridized carbons (Fsp3) is 0.222. The number of carbonyl (C=O) groups is 1. The molecule has 0 aromatic heterocycles. The molecule has 0 unspecified atom stereocenters. The molecule has 0 aliphatic heterocycles. The van der Waals surface area contributed by atoms with Gasteiger partial charge in [0.25, 0.3) is 0 Å². The van der Waals surface area contributed by atoms with Gasteiger partial charge in [0.2, 0.25) is 0 Å². The van der Waals surface area contributed by atoms with Gasteiger partial charge in [-0.2, -0.15) is 0 Å². The van der Waals surface area contributed by atoms with Crippen molar-refractivity contribution in [2.24, 2.45) is 0 Å². The second-order valence-electron chi connectivity index (χ2n) is 2.92. The summed E-state index contributed by atoms with van der Waals surface area (Å²) < 4.78 is 51.8. The van der Waals surface area contributed by atoms with Crippen LogP contribution in [0.2, 0.25) is 0 Å². The van der Waals surface area contributed by atoms with Crippen LogP contribution in [0.4, 0.5) is 17.6 Å². The Balaban J connectivity index is 3.50. The Bertz CT molecular complexity index is 448. The average molecular weight is 257 g/mol. The number of benzene rings is 1. The van der Waals surface area contributed by atoms with Gasteiger partial charge in [-0.1, -0.05) is 0 Å². The van der Waals surface area contributed by atoms with E-state index in [1.54, 1.807) is 0 Å². The van der Waals surface area contributed by atoms with Crippen LogP contribution in [0.15, 0.2) is 0 Å². The van der Waals surface area contributed by atoms with Crippen molar-refractivity contribution in [1.82, 2.24) is 0 Å². The molecule has 1 rings (SSSR count). The minimum atomic E-state index is -2.04. The lowest BCUT2D eigenvalue weighted by Gasteiger charge is -2.09. The van der Waals surface area contributed by atoms with Crippen LogP contribution in [0, 0.1) is 23.3 Å². The molecule has 2 nitrogen and oxygen atoms in total. The fourth-order valence-electron chi connectivity index (χ4n) is 1.20. The molecule has 1 N–H and O–H groups in total. The van der Waals surface area contributed by atoms with E-state index in [0.29, 0.717) is 0 Å². The number of rotatable bonds is 3. The highest BCUT2D eigenvalue weighted by Gasteiger charge is 2.25. The standard InChI is InChI=1S/C9H5ClF4O2/c10-2-4-3(1-5(15)16)6(11)8(13)9(14)7(4)12/h1-2H2,(H,15,16). The summed E-state index contributed by atoms with van der Waals surface area (Å²) in [5.41, 5.74) is -1.46. The summed E-state index contributed by atoms with van der Waals surface area (Å²) in [6.45, 7) is 0. The molecule has 1 aromatic carbocycles. The largest absolute Gasteiger partial charge is 0.481 e. The SMILES string of the molecule is O=C(O)Cc1c(F)c(F)c(F)c(F)c1CCl. The number of halogens is 5. The van der Waals surface area contributed by atoms with Crippen molar-refractivity contribution in [1.29, 1.82) is 0 Å². The number of alkyl halides is 1. The quantitative estimate of drug-likeness (QED) is 0.391. The second-order valence-corrected chi connectivity index (χ2v) is 3.18. The van der Waals surface area contributed by atoms with Gasteiger partial charge in [0.15, 0.2) is 23.3 Å². The van der Waals surface area contributed by atoms with E-state index in [1.807, 2.05) is 0 Å². The third-order valence-corrected chi connectivity index (χ3v) is 2.20. The molecule has 7 heteroatoms. The molecule has 0 aliphatic carbocycles. The highest BCUT2D eigenvalue weighted by atomic mass is 35.5. The number of carboxylic acid groups (broad SMARTS) is 1. The van der Waals surface area contributed by atoms with Crippen molar-refractivity contribution in [3.05, 3.63) is 34.4 Å². The highest BCUT2D eigenvalue weighted by Crippen LogP contribution is 2.25. The van der Waals surface area contributed by atoms with Gasteiger partial charge < -0.3 is 5.11 Å². The van der Waals surface area contributed by atoms with E-state index < -0.39 is 52.7 Å². The van der Waals surface area contributed by atoms with Crippen LogP contribution in [0.1, 0.15) is 11.1 Å². The van der Waals surface area contributed by atoms with E-state index >= 15 is 0 Å². The van der Waals surface area contributed by atoms with Crippen LogP contribution >= 0.6 is 11.6 Å². The first kappa shape index (κ1) is 12.8. The van der Waals surface area contributed by atoms with Crippen molar-refractivity contribution in [2.75, 3.05) is 0 Å². The van der Waals surface area contributed by atoms with Gasteiger partial charge in [0.1, 0.15) is 0 Å². The minimum Gasteiger partial charge on any atom is -0.481 e. The Morgan fingerprint density at radius 2 is 1.44 bits per heavy atom. The highest BCUT2D eigenvalue weighted by molar-refractivity contribution is 6.17. The summed E-state index contributed by atoms with van der Waals surface area (Å²) in [4.78, 5) is 10.3. The van der Waals surface area contributed by atoms with E-state index in [0.717, 1.165) is 0 Å². The van der Waals surface area contributed by atoms with Crippen LogP contribution in [-0.4, -0.2) is 11.1 Å². The predicted molar refractivity (Wildman–Crippen MR) is 47.2 cm³/mol. The molecule has 1 aromatic rings. The van der Waals surface area contributed by atoms with Crippen LogP contribution in [-0.2, 0) is 17.1 Å². The maximum Gasteiger partial charge on any atom is 0.307 e. The Hall–Kier alpha value is -1.30. The molecule has 0 radical (unpaired) electrons. The lowest BCUT2D eigenvalue weighted by molar-refractivity contribution is -0.136. The van der Waals surface area contributed by atoms with Crippen molar-refractivity contribution in [3.8, 4) is 0 Å². The molecule has 0 fully saturated rings. The zero-order valence-corrected chi connectivity index (χ0v) is 8.42. The van der Waals surface area contributed by atoms with E-state index in [2.05, 4.69) is 0 Å². The number of carboxylic acids is 1. The van der Waals surface area contributed by atoms with Crippen LogP contribution < -0.4 is 0 Å². The summed E-state index contributed by atoms with van der Waals surface area (Å²) in [6, 6.07) is 0. The van der Waals surface area contributed by atoms with Crippen molar-refractivity contribution in [2.45, 2.75) is 12.3 Å². The summed E-state index contributed by atoms with van der Waals surface area (Å²) in [6.07, 6.45) is -0.970. The topological polar surface area (TPSA) is 37.3 Å². The van der Waals surface area contributed by atoms with Gasteiger partial charge in [0.05, 0.1) is 12.3 Å². The van der Waals surface area contributed by atoms with Gasteiger partial charge in [-0.25, -0.2) is 17.6 Å². The average Bonchev–Trinajstić information content (AvgIpc) is 2.23. The van der Waals surface area contributed by atoms with Gasteiger partial charge in [0, 0.05) is 11.1 Å². The predicted octanol–water partition coefficient (Wildman–Crippen LogP) is 2.61. The number of hydrogen-bond acceptors (Lipinski definition) is 1. The normalized spacial score (nSPS) is 10.6. The van der Waals surface area contributed by atoms with Gasteiger partial charge >= 0.3 is 5.97 Å². The lowest BCUT2D eigenvalue weighted by Crippen LogP contribution is -2.12. The number of aliphatic carboxylic acids is 1. The van der Waals surface area contributed by atoms with E-state index in [9.17, 15) is 22.4 Å². The molecule has 88 valence electrons. The van der Waals surface area contributed by atoms with E-state index in [1.165, 1.54) is 0 Å². The molecule has 0 amide bonds. The maximum atomic E-state index is 13.1. The molecule has 0 atom stereocenters. The third kappa shape index (κ3) is 2.11. The summed E-state index contributed by atoms with van der Waals surface area (Å²) >= 11 is 5.23. The Kier molecular flexibility index (Phi) is 3.74. The maximum absolute atomic E-state index is 13.1. The molecule has 0 aliphatic rings. The Morgan fingerprint density at radius 1 is 1.00 bits per heavy atom. The van der Waals surface area contributed by atoms with Crippen LogP contribution in [0.5, 0.6) is 0 Å². The van der Waals surface area contributed by atoms with Crippen LogP contribution in [0.3, 0.4) is 0 Å². The first-order valence-corrected chi connectivity index (χ1v) is 4.55. The first-order valence-electron chi connectivity index (χ1n) is 4.01. The lowest BCUT2D eigenvalue weighted by atomic mass is 10.0. The molecule has 0 spiro atoms. The smallest absolute Gasteiger partial charge is 0.307 e. The third-order valence-electron chi connectivity index (χ3n) is 1.93. The zero-order valence-electron chi connectivity index (χ0n) is 7.66. The van der Waals surface area contributed by atoms with Gasteiger partial charge in [-0.05, 0) is 0 Å². The van der Waals surface area contributed by atoms with Gasteiger partial charge in [-0.3, -0.25) is 4.79 Å². The van der Waals surface area contributed by atoms with Crippen molar-refractivity contribution in [3.63, 3.8) is 0 Å². The Labute approximate surface area is 92.4 Å². The summed E-state index contributed by atoms with van der Waals surface area (Å²) in [5.74, 6) is -9.58. The number of hydrogen-bond donors (Lipinski definition) is 1. The fourth-order valence-corrected chi connectivity index (χ4v) is 1.48. The molecule has 0 saturated carbocycles. The molecule has 0 saturated heterocycles. The zero-order chi connectivity index (χ0) is 12.5. The second kappa shape index (κ2) is 4.69. The molecule has 16 heavy (non-hydrogen) atoms. The minimum absolute atomic E-state index is 0.650. The monoisotopic (exact) mass is 256 g/mol. The molecular formula is C9H5ClF4O2. The van der Waals surface area contributed by atoms with E-state index in [4.69, 9.17) is 16.7 Å². The molecule has 0 bridgehead atoms. The van der Waals surface area contributed by atoms with Crippen molar-refractivity contribution < 1.29 is 27.5 Å². The van der Waals surface area contributed by atoms with Gasteiger partial charge in [-0.15, -0.1) is 11.6 Å². The summed E-state index contributed by atoms with van der Waals surface area (Å²) in [7, 11) is 0. The molecular weight excluding hydrogens is 252 g/mol. The van der Waals surface area contributed by atoms with Crippen molar-refractivity contribution >= 4 is 17.6 Å². The summed E-state index contributed by atoms with van der Waals surface area (Å²) in [5, 5.41) is 8.41. The molecule has 0 heterocycles. The Morgan fingerprint density at radius 3 is 1.81 bits per heavy atom. The van der Waals surface area contributed by atoms with E-state index in [-0.39, 0.29) is 0 Å². The first-order chi connectivity index (χ1) is 7.40. The van der Waals surface area contributed by atoms with Crippen LogP contribution in [0.25, 0.3) is 0 Å².